The second-order valence-corrected chi connectivity index (χ2v) is 2.59. The van der Waals surface area contributed by atoms with Crippen LogP contribution in [0.15, 0.2) is 6.33 Å². The van der Waals surface area contributed by atoms with Gasteiger partial charge in [-0.3, -0.25) is 0 Å². The molecule has 1 rings (SSSR count). The monoisotopic (exact) mass is 165 g/mol. The lowest BCUT2D eigenvalue weighted by Gasteiger charge is -2.08. The Balaban J connectivity index is 2.69. The molecule has 0 spiro atoms. The van der Waals surface area contributed by atoms with Crippen molar-refractivity contribution in [3.8, 4) is 6.07 Å². The fourth-order valence-electron chi connectivity index (χ4n) is 0.912. The molecule has 0 radical (unpaired) electrons. The summed E-state index contributed by atoms with van der Waals surface area (Å²) in [5.41, 5.74) is 5.38. The first-order valence-electron chi connectivity index (χ1n) is 3.79. The minimum absolute atomic E-state index is 0.207. The van der Waals surface area contributed by atoms with Crippen molar-refractivity contribution in [3.05, 3.63) is 12.2 Å². The van der Waals surface area contributed by atoms with Gasteiger partial charge in [0.15, 0.2) is 0 Å². The lowest BCUT2D eigenvalue weighted by atomic mass is 10.2. The Labute approximate surface area is 70.8 Å². The zero-order chi connectivity index (χ0) is 8.97. The SMILES string of the molecule is CC(CCN)n1cnc(C#N)n1. The van der Waals surface area contributed by atoms with E-state index in [1.165, 1.54) is 0 Å². The summed E-state index contributed by atoms with van der Waals surface area (Å²) in [6, 6.07) is 2.08. The molecule has 0 fully saturated rings. The average Bonchev–Trinajstić information content (AvgIpc) is 2.52. The maximum Gasteiger partial charge on any atom is 0.252 e. The molecule has 0 aliphatic heterocycles. The third kappa shape index (κ3) is 1.80. The molecular formula is C7H11N5. The van der Waals surface area contributed by atoms with E-state index in [0.29, 0.717) is 6.54 Å². The number of rotatable bonds is 3. The minimum atomic E-state index is 0.207. The molecule has 1 aromatic rings. The second kappa shape index (κ2) is 3.83. The number of nitriles is 1. The molecule has 0 bridgehead atoms. The van der Waals surface area contributed by atoms with Gasteiger partial charge < -0.3 is 5.73 Å². The predicted octanol–water partition coefficient (Wildman–Crippen LogP) is 0.0596. The minimum Gasteiger partial charge on any atom is -0.330 e. The zero-order valence-corrected chi connectivity index (χ0v) is 6.94. The van der Waals surface area contributed by atoms with Crippen LogP contribution in [0.5, 0.6) is 0 Å². The van der Waals surface area contributed by atoms with Crippen molar-refractivity contribution < 1.29 is 0 Å². The Morgan fingerprint density at radius 3 is 3.08 bits per heavy atom. The first kappa shape index (κ1) is 8.68. The summed E-state index contributed by atoms with van der Waals surface area (Å²) in [4.78, 5) is 3.79. The van der Waals surface area contributed by atoms with Crippen LogP contribution in [0.4, 0.5) is 0 Å². The molecule has 5 nitrogen and oxygen atoms in total. The Hall–Kier alpha value is -1.41. The van der Waals surface area contributed by atoms with Crippen LogP contribution < -0.4 is 5.73 Å². The van der Waals surface area contributed by atoms with Gasteiger partial charge in [-0.05, 0) is 19.9 Å². The predicted molar refractivity (Wildman–Crippen MR) is 43.1 cm³/mol. The van der Waals surface area contributed by atoms with Crippen LogP contribution in [-0.2, 0) is 0 Å². The fourth-order valence-corrected chi connectivity index (χ4v) is 0.912. The maximum atomic E-state index is 8.45. The molecule has 1 unspecified atom stereocenters. The normalized spacial score (nSPS) is 12.4. The summed E-state index contributed by atoms with van der Waals surface area (Å²) in [7, 11) is 0. The van der Waals surface area contributed by atoms with E-state index in [4.69, 9.17) is 11.0 Å². The van der Waals surface area contributed by atoms with E-state index < -0.39 is 0 Å². The van der Waals surface area contributed by atoms with Gasteiger partial charge in [-0.15, -0.1) is 5.10 Å². The van der Waals surface area contributed by atoms with Crippen LogP contribution >= 0.6 is 0 Å². The van der Waals surface area contributed by atoms with Crippen LogP contribution in [0.3, 0.4) is 0 Å². The molecule has 0 aliphatic rings. The Bertz CT molecular complexity index is 284. The van der Waals surface area contributed by atoms with Crippen LogP contribution in [0, 0.1) is 11.3 Å². The molecule has 0 aromatic carbocycles. The topological polar surface area (TPSA) is 80.5 Å². The molecule has 5 heteroatoms. The molecule has 2 N–H and O–H groups in total. The highest BCUT2D eigenvalue weighted by Crippen LogP contribution is 2.06. The molecule has 0 amide bonds. The Morgan fingerprint density at radius 1 is 1.83 bits per heavy atom. The van der Waals surface area contributed by atoms with Crippen molar-refractivity contribution >= 4 is 0 Å². The van der Waals surface area contributed by atoms with E-state index in [1.807, 2.05) is 13.0 Å². The van der Waals surface area contributed by atoms with Gasteiger partial charge in [0.1, 0.15) is 12.4 Å². The van der Waals surface area contributed by atoms with Gasteiger partial charge in [-0.1, -0.05) is 0 Å². The highest BCUT2D eigenvalue weighted by molar-refractivity contribution is 5.05. The van der Waals surface area contributed by atoms with E-state index in [1.54, 1.807) is 11.0 Å². The highest BCUT2D eigenvalue weighted by Gasteiger charge is 2.05. The second-order valence-electron chi connectivity index (χ2n) is 2.59. The van der Waals surface area contributed by atoms with Crippen molar-refractivity contribution in [2.24, 2.45) is 5.73 Å². The Morgan fingerprint density at radius 2 is 2.58 bits per heavy atom. The van der Waals surface area contributed by atoms with Crippen LogP contribution in [0.2, 0.25) is 0 Å². The van der Waals surface area contributed by atoms with Crippen molar-refractivity contribution in [1.29, 1.82) is 5.26 Å². The van der Waals surface area contributed by atoms with Gasteiger partial charge in [0.2, 0.25) is 0 Å². The van der Waals surface area contributed by atoms with E-state index in [9.17, 15) is 0 Å². The standard InChI is InChI=1S/C7H11N5/c1-6(2-3-8)12-5-10-7(4-9)11-12/h5-6H,2-3,8H2,1H3. The van der Waals surface area contributed by atoms with Gasteiger partial charge in [-0.2, -0.15) is 5.26 Å². The van der Waals surface area contributed by atoms with E-state index in [-0.39, 0.29) is 11.9 Å². The lowest BCUT2D eigenvalue weighted by molar-refractivity contribution is 0.463. The number of hydrogen-bond acceptors (Lipinski definition) is 4. The summed E-state index contributed by atoms with van der Waals surface area (Å²) in [6.45, 7) is 2.60. The summed E-state index contributed by atoms with van der Waals surface area (Å²) >= 11 is 0. The van der Waals surface area contributed by atoms with Crippen LogP contribution in [-0.4, -0.2) is 21.3 Å². The van der Waals surface area contributed by atoms with Gasteiger partial charge in [0.05, 0.1) is 6.04 Å². The third-order valence-electron chi connectivity index (χ3n) is 1.64. The molecular weight excluding hydrogens is 154 g/mol. The van der Waals surface area contributed by atoms with Gasteiger partial charge >= 0.3 is 0 Å². The molecule has 1 heterocycles. The first-order chi connectivity index (χ1) is 5.77. The summed E-state index contributed by atoms with van der Waals surface area (Å²) < 4.78 is 1.66. The zero-order valence-electron chi connectivity index (χ0n) is 6.94. The summed E-state index contributed by atoms with van der Waals surface area (Å²) in [5, 5.41) is 12.4. The molecule has 0 saturated carbocycles. The largest absolute Gasteiger partial charge is 0.330 e. The van der Waals surface area contributed by atoms with Crippen molar-refractivity contribution in [2.75, 3.05) is 6.54 Å². The smallest absolute Gasteiger partial charge is 0.252 e. The lowest BCUT2D eigenvalue weighted by Crippen LogP contribution is -2.11. The van der Waals surface area contributed by atoms with E-state index in [0.717, 1.165) is 6.42 Å². The van der Waals surface area contributed by atoms with Gasteiger partial charge in [0.25, 0.3) is 5.82 Å². The molecule has 12 heavy (non-hydrogen) atoms. The van der Waals surface area contributed by atoms with Crippen molar-refractivity contribution in [3.63, 3.8) is 0 Å². The molecule has 1 atom stereocenters. The Kier molecular flexibility index (Phi) is 2.77. The van der Waals surface area contributed by atoms with E-state index in [2.05, 4.69) is 10.1 Å². The van der Waals surface area contributed by atoms with Crippen LogP contribution in [0.1, 0.15) is 25.2 Å². The molecule has 0 saturated heterocycles. The third-order valence-corrected chi connectivity index (χ3v) is 1.64. The number of nitrogens with two attached hydrogens (primary N) is 1. The first-order valence-corrected chi connectivity index (χ1v) is 3.79. The van der Waals surface area contributed by atoms with Crippen LogP contribution in [0.25, 0.3) is 0 Å². The number of nitrogens with zero attached hydrogens (tertiary/aromatic N) is 4. The highest BCUT2D eigenvalue weighted by atomic mass is 15.3. The summed E-state index contributed by atoms with van der Waals surface area (Å²) in [5.74, 6) is 0.207. The number of aromatic nitrogens is 3. The van der Waals surface area contributed by atoms with Gasteiger partial charge in [0, 0.05) is 0 Å². The van der Waals surface area contributed by atoms with E-state index >= 15 is 0 Å². The molecule has 1 aromatic heterocycles. The fraction of sp³-hybridized carbons (Fsp3) is 0.571. The van der Waals surface area contributed by atoms with Crippen molar-refractivity contribution in [1.82, 2.24) is 14.8 Å². The number of hydrogen-bond donors (Lipinski definition) is 1. The molecule has 0 aliphatic carbocycles. The average molecular weight is 165 g/mol. The van der Waals surface area contributed by atoms with Crippen molar-refractivity contribution in [2.45, 2.75) is 19.4 Å². The molecule has 64 valence electrons. The van der Waals surface area contributed by atoms with Gasteiger partial charge in [-0.25, -0.2) is 9.67 Å². The maximum absolute atomic E-state index is 8.45. The summed E-state index contributed by atoms with van der Waals surface area (Å²) in [6.07, 6.45) is 2.40. The quantitative estimate of drug-likeness (QED) is 0.686.